The molecule has 0 saturated carbocycles. The van der Waals surface area contributed by atoms with E-state index in [4.69, 9.17) is 0 Å². The van der Waals surface area contributed by atoms with Crippen molar-refractivity contribution in [2.45, 2.75) is 47.1 Å². The van der Waals surface area contributed by atoms with E-state index in [-0.39, 0.29) is 6.10 Å². The van der Waals surface area contributed by atoms with Crippen LogP contribution in [-0.2, 0) is 0 Å². The Hall–Kier alpha value is -0.860. The van der Waals surface area contributed by atoms with E-state index in [1.165, 1.54) is 16.7 Å². The maximum absolute atomic E-state index is 10.3. The summed E-state index contributed by atoms with van der Waals surface area (Å²) in [6.07, 6.45) is 0.419. The molecule has 2 heteroatoms. The van der Waals surface area contributed by atoms with Gasteiger partial charge in [-0.05, 0) is 62.9 Å². The summed E-state index contributed by atoms with van der Waals surface area (Å²) in [7, 11) is 0. The van der Waals surface area contributed by atoms with Gasteiger partial charge < -0.3 is 10.4 Å². The van der Waals surface area contributed by atoms with Crippen LogP contribution >= 0.6 is 0 Å². The van der Waals surface area contributed by atoms with Crippen LogP contribution in [0.2, 0.25) is 0 Å². The van der Waals surface area contributed by atoms with Gasteiger partial charge in [-0.3, -0.25) is 0 Å². The highest BCUT2D eigenvalue weighted by atomic mass is 16.3. The Balaban J connectivity index is 2.59. The van der Waals surface area contributed by atoms with Gasteiger partial charge in [0.15, 0.2) is 0 Å². The van der Waals surface area contributed by atoms with Gasteiger partial charge >= 0.3 is 0 Å². The number of aliphatic hydroxyl groups is 1. The summed E-state index contributed by atoms with van der Waals surface area (Å²) in [6, 6.07) is 4.29. The van der Waals surface area contributed by atoms with Crippen LogP contribution in [0.4, 0.5) is 0 Å². The molecule has 0 aliphatic rings. The Morgan fingerprint density at radius 3 is 2.17 bits per heavy atom. The average Bonchev–Trinajstić information content (AvgIpc) is 2.22. The smallest absolute Gasteiger partial charge is 0.0807 e. The SMILES string of the molecule is Cc1cc(C)c(C(O)CCNCC(C)C)c(C)c1. The minimum absolute atomic E-state index is 0.356. The topological polar surface area (TPSA) is 32.3 Å². The van der Waals surface area contributed by atoms with Crippen LogP contribution < -0.4 is 5.32 Å². The van der Waals surface area contributed by atoms with E-state index in [2.05, 4.69) is 52.1 Å². The normalized spacial score (nSPS) is 13.1. The molecule has 0 saturated heterocycles. The highest BCUT2D eigenvalue weighted by Gasteiger charge is 2.13. The Kier molecular flexibility index (Phi) is 5.83. The van der Waals surface area contributed by atoms with Gasteiger partial charge in [0, 0.05) is 0 Å². The summed E-state index contributed by atoms with van der Waals surface area (Å²) < 4.78 is 0. The van der Waals surface area contributed by atoms with E-state index in [0.29, 0.717) is 5.92 Å². The molecule has 0 aliphatic carbocycles. The third-order valence-corrected chi connectivity index (χ3v) is 3.22. The van der Waals surface area contributed by atoms with E-state index < -0.39 is 0 Å². The maximum atomic E-state index is 10.3. The molecule has 0 heterocycles. The lowest BCUT2D eigenvalue weighted by atomic mass is 9.94. The molecule has 0 aliphatic heterocycles. The fraction of sp³-hybridized carbons (Fsp3) is 0.625. The molecule has 1 atom stereocenters. The summed E-state index contributed by atoms with van der Waals surface area (Å²) >= 11 is 0. The van der Waals surface area contributed by atoms with Gasteiger partial charge in [-0.1, -0.05) is 31.5 Å². The van der Waals surface area contributed by atoms with Gasteiger partial charge in [-0.15, -0.1) is 0 Å². The van der Waals surface area contributed by atoms with E-state index in [0.717, 1.165) is 25.1 Å². The van der Waals surface area contributed by atoms with Crippen molar-refractivity contribution in [2.75, 3.05) is 13.1 Å². The van der Waals surface area contributed by atoms with Crippen molar-refractivity contribution in [3.05, 3.63) is 34.4 Å². The number of hydrogen-bond acceptors (Lipinski definition) is 2. The number of aryl methyl sites for hydroxylation is 3. The molecule has 0 spiro atoms. The van der Waals surface area contributed by atoms with E-state index >= 15 is 0 Å². The maximum Gasteiger partial charge on any atom is 0.0807 e. The second kappa shape index (κ2) is 6.91. The van der Waals surface area contributed by atoms with E-state index in [9.17, 15) is 5.11 Å². The van der Waals surface area contributed by atoms with Crippen LogP contribution in [0, 0.1) is 26.7 Å². The summed E-state index contributed by atoms with van der Waals surface area (Å²) in [5.41, 5.74) is 4.76. The lowest BCUT2D eigenvalue weighted by molar-refractivity contribution is 0.165. The third kappa shape index (κ3) is 4.43. The first-order chi connectivity index (χ1) is 8.41. The van der Waals surface area contributed by atoms with Crippen LogP contribution in [0.5, 0.6) is 0 Å². The Bertz CT molecular complexity index is 362. The molecule has 0 fully saturated rings. The van der Waals surface area contributed by atoms with Crippen molar-refractivity contribution >= 4 is 0 Å². The molecule has 1 aromatic rings. The standard InChI is InChI=1S/C16H27NO/c1-11(2)10-17-7-6-15(18)16-13(4)8-12(3)9-14(16)5/h8-9,11,15,17-18H,6-7,10H2,1-5H3. The average molecular weight is 249 g/mol. The molecule has 0 aromatic heterocycles. The largest absolute Gasteiger partial charge is 0.388 e. The van der Waals surface area contributed by atoms with E-state index in [1.807, 2.05) is 0 Å². The number of benzene rings is 1. The van der Waals surface area contributed by atoms with Crippen LogP contribution in [0.25, 0.3) is 0 Å². The first-order valence-corrected chi connectivity index (χ1v) is 6.88. The predicted octanol–water partition coefficient (Wildman–Crippen LogP) is 3.28. The van der Waals surface area contributed by atoms with Gasteiger partial charge in [-0.25, -0.2) is 0 Å². The Labute approximate surface area is 111 Å². The van der Waals surface area contributed by atoms with Gasteiger partial charge in [0.05, 0.1) is 6.10 Å². The lowest BCUT2D eigenvalue weighted by Crippen LogP contribution is -2.22. The van der Waals surface area contributed by atoms with Crippen LogP contribution in [0.3, 0.4) is 0 Å². The zero-order valence-electron chi connectivity index (χ0n) is 12.4. The lowest BCUT2D eigenvalue weighted by Gasteiger charge is -2.18. The summed E-state index contributed by atoms with van der Waals surface area (Å²) in [5.74, 6) is 0.657. The zero-order chi connectivity index (χ0) is 13.7. The second-order valence-corrected chi connectivity index (χ2v) is 5.71. The molecule has 2 N–H and O–H groups in total. The van der Waals surface area contributed by atoms with E-state index in [1.54, 1.807) is 0 Å². The first kappa shape index (κ1) is 15.2. The number of nitrogens with one attached hydrogen (secondary N) is 1. The van der Waals surface area contributed by atoms with Crippen LogP contribution in [0.1, 0.15) is 48.6 Å². The predicted molar refractivity (Wildman–Crippen MR) is 77.9 cm³/mol. The van der Waals surface area contributed by atoms with Crippen molar-refractivity contribution in [3.63, 3.8) is 0 Å². The number of aliphatic hydroxyl groups excluding tert-OH is 1. The molecule has 1 rings (SSSR count). The molecule has 102 valence electrons. The van der Waals surface area contributed by atoms with Gasteiger partial charge in [-0.2, -0.15) is 0 Å². The quantitative estimate of drug-likeness (QED) is 0.758. The summed E-state index contributed by atoms with van der Waals surface area (Å²) in [6.45, 7) is 12.5. The minimum atomic E-state index is -0.356. The Morgan fingerprint density at radius 2 is 1.67 bits per heavy atom. The number of hydrogen-bond donors (Lipinski definition) is 2. The minimum Gasteiger partial charge on any atom is -0.388 e. The van der Waals surface area contributed by atoms with Gasteiger partial charge in [0.25, 0.3) is 0 Å². The molecule has 0 bridgehead atoms. The highest BCUT2D eigenvalue weighted by Crippen LogP contribution is 2.25. The monoisotopic (exact) mass is 249 g/mol. The van der Waals surface area contributed by atoms with Crippen molar-refractivity contribution in [1.82, 2.24) is 5.32 Å². The van der Waals surface area contributed by atoms with Gasteiger partial charge in [0.1, 0.15) is 0 Å². The fourth-order valence-electron chi connectivity index (χ4n) is 2.49. The summed E-state index contributed by atoms with van der Waals surface area (Å²) in [5, 5.41) is 13.7. The van der Waals surface area contributed by atoms with Crippen LogP contribution in [-0.4, -0.2) is 18.2 Å². The molecule has 0 amide bonds. The third-order valence-electron chi connectivity index (χ3n) is 3.22. The molecule has 0 radical (unpaired) electrons. The summed E-state index contributed by atoms with van der Waals surface area (Å²) in [4.78, 5) is 0. The van der Waals surface area contributed by atoms with Crippen LogP contribution in [0.15, 0.2) is 12.1 Å². The molecule has 1 aromatic carbocycles. The van der Waals surface area contributed by atoms with Crippen molar-refractivity contribution in [1.29, 1.82) is 0 Å². The zero-order valence-corrected chi connectivity index (χ0v) is 12.4. The molecule has 2 nitrogen and oxygen atoms in total. The molecular formula is C16H27NO. The molecular weight excluding hydrogens is 222 g/mol. The number of rotatable bonds is 6. The highest BCUT2D eigenvalue weighted by molar-refractivity contribution is 5.38. The van der Waals surface area contributed by atoms with Crippen molar-refractivity contribution in [3.8, 4) is 0 Å². The van der Waals surface area contributed by atoms with Crippen molar-refractivity contribution in [2.24, 2.45) is 5.92 Å². The second-order valence-electron chi connectivity index (χ2n) is 5.71. The van der Waals surface area contributed by atoms with Gasteiger partial charge in [0.2, 0.25) is 0 Å². The fourth-order valence-corrected chi connectivity index (χ4v) is 2.49. The Morgan fingerprint density at radius 1 is 1.11 bits per heavy atom. The molecule has 1 unspecified atom stereocenters. The molecule has 18 heavy (non-hydrogen) atoms. The first-order valence-electron chi connectivity index (χ1n) is 6.88. The van der Waals surface area contributed by atoms with Crippen molar-refractivity contribution < 1.29 is 5.11 Å².